The van der Waals surface area contributed by atoms with Crippen molar-refractivity contribution in [3.63, 3.8) is 0 Å². The minimum Gasteiger partial charge on any atom is -0.393 e. The standard InChI is InChI=1S/C14H17N3O2/c18-12-5-7-16(8-6-12)14(19)10-17-13-4-2-1-3-11(13)9-15-17/h1-4,9,12,18H,5-8,10H2. The summed E-state index contributed by atoms with van der Waals surface area (Å²) in [6.45, 7) is 1.54. The summed E-state index contributed by atoms with van der Waals surface area (Å²) in [7, 11) is 0. The van der Waals surface area contributed by atoms with E-state index in [1.165, 1.54) is 0 Å². The molecule has 1 aromatic heterocycles. The maximum Gasteiger partial charge on any atom is 0.244 e. The zero-order valence-electron chi connectivity index (χ0n) is 10.7. The van der Waals surface area contributed by atoms with Crippen LogP contribution in [0.3, 0.4) is 0 Å². The van der Waals surface area contributed by atoms with Crippen molar-refractivity contribution in [3.05, 3.63) is 30.5 Å². The van der Waals surface area contributed by atoms with Crippen molar-refractivity contribution < 1.29 is 9.90 Å². The Kier molecular flexibility index (Phi) is 3.21. The number of benzene rings is 1. The molecule has 19 heavy (non-hydrogen) atoms. The van der Waals surface area contributed by atoms with Gasteiger partial charge in [0.25, 0.3) is 0 Å². The van der Waals surface area contributed by atoms with Crippen LogP contribution in [0.2, 0.25) is 0 Å². The van der Waals surface area contributed by atoms with Crippen LogP contribution < -0.4 is 0 Å². The molecule has 2 aromatic rings. The van der Waals surface area contributed by atoms with Gasteiger partial charge in [-0.15, -0.1) is 0 Å². The first-order valence-corrected chi connectivity index (χ1v) is 6.60. The number of likely N-dealkylation sites (tertiary alicyclic amines) is 1. The van der Waals surface area contributed by atoms with Gasteiger partial charge in [-0.25, -0.2) is 0 Å². The molecule has 0 unspecified atom stereocenters. The zero-order valence-corrected chi connectivity index (χ0v) is 10.7. The lowest BCUT2D eigenvalue weighted by atomic mass is 10.1. The summed E-state index contributed by atoms with van der Waals surface area (Å²) < 4.78 is 1.74. The number of fused-ring (bicyclic) bond motifs is 1. The van der Waals surface area contributed by atoms with Crippen LogP contribution in [0.5, 0.6) is 0 Å². The quantitative estimate of drug-likeness (QED) is 0.876. The Morgan fingerprint density at radius 3 is 2.84 bits per heavy atom. The molecule has 100 valence electrons. The highest BCUT2D eigenvalue weighted by Gasteiger charge is 2.21. The van der Waals surface area contributed by atoms with E-state index in [0.29, 0.717) is 25.9 Å². The highest BCUT2D eigenvalue weighted by Crippen LogP contribution is 2.14. The molecule has 1 aliphatic heterocycles. The highest BCUT2D eigenvalue weighted by molar-refractivity contribution is 5.82. The summed E-state index contributed by atoms with van der Waals surface area (Å²) in [6, 6.07) is 7.86. The van der Waals surface area contributed by atoms with Gasteiger partial charge >= 0.3 is 0 Å². The van der Waals surface area contributed by atoms with E-state index in [9.17, 15) is 9.90 Å². The smallest absolute Gasteiger partial charge is 0.244 e. The van der Waals surface area contributed by atoms with Crippen LogP contribution in [0.1, 0.15) is 12.8 Å². The SMILES string of the molecule is O=C(Cn1ncc2ccccc21)N1CCC(O)CC1. The Hall–Kier alpha value is -1.88. The molecule has 0 radical (unpaired) electrons. The number of hydrogen-bond acceptors (Lipinski definition) is 3. The van der Waals surface area contributed by atoms with Gasteiger partial charge < -0.3 is 10.0 Å². The molecule has 5 heteroatoms. The monoisotopic (exact) mass is 259 g/mol. The third-order valence-electron chi connectivity index (χ3n) is 3.65. The van der Waals surface area contributed by atoms with Gasteiger partial charge in [-0.2, -0.15) is 5.10 Å². The number of hydrogen-bond donors (Lipinski definition) is 1. The van der Waals surface area contributed by atoms with Crippen molar-refractivity contribution in [1.82, 2.24) is 14.7 Å². The Labute approximate surface area is 111 Å². The number of aliphatic hydroxyl groups is 1. The predicted octanol–water partition coefficient (Wildman–Crippen LogP) is 1.02. The van der Waals surface area contributed by atoms with Gasteiger partial charge in [0.1, 0.15) is 6.54 Å². The molecule has 1 fully saturated rings. The van der Waals surface area contributed by atoms with Gasteiger partial charge in [0.2, 0.25) is 5.91 Å². The first kappa shape index (κ1) is 12.2. The lowest BCUT2D eigenvalue weighted by molar-refractivity contribution is -0.133. The average Bonchev–Trinajstić information content (AvgIpc) is 2.83. The maximum atomic E-state index is 12.2. The molecule has 1 N–H and O–H groups in total. The van der Waals surface area contributed by atoms with E-state index in [4.69, 9.17) is 0 Å². The van der Waals surface area contributed by atoms with Crippen LogP contribution >= 0.6 is 0 Å². The second-order valence-electron chi connectivity index (χ2n) is 4.97. The summed E-state index contributed by atoms with van der Waals surface area (Å²) in [6.07, 6.45) is 2.87. The molecule has 1 aromatic carbocycles. The molecule has 1 aliphatic rings. The van der Waals surface area contributed by atoms with Gasteiger partial charge in [0, 0.05) is 18.5 Å². The molecule has 0 atom stereocenters. The fraction of sp³-hybridized carbons (Fsp3) is 0.429. The molecular formula is C14H17N3O2. The summed E-state index contributed by atoms with van der Waals surface area (Å²) in [5.74, 6) is 0.0701. The van der Waals surface area contributed by atoms with Crippen LogP contribution in [0.15, 0.2) is 30.5 Å². The van der Waals surface area contributed by atoms with Crippen molar-refractivity contribution in [3.8, 4) is 0 Å². The van der Waals surface area contributed by atoms with Crippen LogP contribution in [-0.2, 0) is 11.3 Å². The van der Waals surface area contributed by atoms with Gasteiger partial charge in [-0.3, -0.25) is 9.48 Å². The van der Waals surface area contributed by atoms with Crippen molar-refractivity contribution in [2.75, 3.05) is 13.1 Å². The fourth-order valence-corrected chi connectivity index (χ4v) is 2.50. The third-order valence-corrected chi connectivity index (χ3v) is 3.65. The molecule has 5 nitrogen and oxygen atoms in total. The molecule has 0 spiro atoms. The number of carbonyl (C=O) groups is 1. The third kappa shape index (κ3) is 2.46. The summed E-state index contributed by atoms with van der Waals surface area (Å²) in [4.78, 5) is 14.0. The van der Waals surface area contributed by atoms with E-state index in [1.807, 2.05) is 29.2 Å². The van der Waals surface area contributed by atoms with Gasteiger partial charge in [-0.05, 0) is 18.9 Å². The number of rotatable bonds is 2. The van der Waals surface area contributed by atoms with Crippen LogP contribution in [-0.4, -0.2) is 44.9 Å². The zero-order chi connectivity index (χ0) is 13.2. The number of carbonyl (C=O) groups excluding carboxylic acids is 1. The first-order chi connectivity index (χ1) is 9.24. The van der Waals surface area contributed by atoms with Crippen molar-refractivity contribution >= 4 is 16.8 Å². The minimum absolute atomic E-state index is 0.0701. The largest absolute Gasteiger partial charge is 0.393 e. The first-order valence-electron chi connectivity index (χ1n) is 6.60. The molecule has 0 aliphatic carbocycles. The summed E-state index contributed by atoms with van der Waals surface area (Å²) in [5, 5.41) is 14.8. The number of para-hydroxylation sites is 1. The van der Waals surface area contributed by atoms with E-state index in [0.717, 1.165) is 10.9 Å². The van der Waals surface area contributed by atoms with Crippen molar-refractivity contribution in [1.29, 1.82) is 0 Å². The molecule has 0 saturated carbocycles. The Morgan fingerprint density at radius 1 is 1.32 bits per heavy atom. The average molecular weight is 259 g/mol. The lowest BCUT2D eigenvalue weighted by Gasteiger charge is -2.29. The molecular weight excluding hydrogens is 242 g/mol. The number of piperidine rings is 1. The molecule has 1 saturated heterocycles. The second-order valence-corrected chi connectivity index (χ2v) is 4.97. The number of aromatic nitrogens is 2. The molecule has 3 rings (SSSR count). The van der Waals surface area contributed by atoms with Crippen LogP contribution in [0.25, 0.3) is 10.9 Å². The van der Waals surface area contributed by atoms with Gasteiger partial charge in [0.05, 0.1) is 17.8 Å². The normalized spacial score (nSPS) is 17.0. The van der Waals surface area contributed by atoms with E-state index in [1.54, 1.807) is 10.9 Å². The van der Waals surface area contributed by atoms with E-state index >= 15 is 0 Å². The predicted molar refractivity (Wildman–Crippen MR) is 71.6 cm³/mol. The number of nitrogens with zero attached hydrogens (tertiary/aromatic N) is 3. The van der Waals surface area contributed by atoms with E-state index in [2.05, 4.69) is 5.10 Å². The molecule has 0 bridgehead atoms. The van der Waals surface area contributed by atoms with Gasteiger partial charge in [-0.1, -0.05) is 18.2 Å². The highest BCUT2D eigenvalue weighted by atomic mass is 16.3. The van der Waals surface area contributed by atoms with Crippen molar-refractivity contribution in [2.24, 2.45) is 0 Å². The fourth-order valence-electron chi connectivity index (χ4n) is 2.50. The Balaban J connectivity index is 1.72. The maximum absolute atomic E-state index is 12.2. The Morgan fingerprint density at radius 2 is 2.05 bits per heavy atom. The number of aliphatic hydroxyl groups excluding tert-OH is 1. The summed E-state index contributed by atoms with van der Waals surface area (Å²) in [5.41, 5.74) is 0.980. The number of amides is 1. The van der Waals surface area contributed by atoms with Gasteiger partial charge in [0.15, 0.2) is 0 Å². The lowest BCUT2D eigenvalue weighted by Crippen LogP contribution is -2.41. The topological polar surface area (TPSA) is 58.4 Å². The Bertz CT molecular complexity index is 585. The molecule has 2 heterocycles. The summed E-state index contributed by atoms with van der Waals surface area (Å²) >= 11 is 0. The van der Waals surface area contributed by atoms with E-state index < -0.39 is 0 Å². The van der Waals surface area contributed by atoms with Crippen molar-refractivity contribution in [2.45, 2.75) is 25.5 Å². The second kappa shape index (κ2) is 5.01. The van der Waals surface area contributed by atoms with Crippen LogP contribution in [0.4, 0.5) is 0 Å². The minimum atomic E-state index is -0.255. The van der Waals surface area contributed by atoms with Crippen LogP contribution in [0, 0.1) is 0 Å². The van der Waals surface area contributed by atoms with E-state index in [-0.39, 0.29) is 18.6 Å². The molecule has 1 amide bonds.